The zero-order chi connectivity index (χ0) is 14.8. The lowest BCUT2D eigenvalue weighted by Crippen LogP contribution is -2.47. The van der Waals surface area contributed by atoms with Crippen molar-refractivity contribution in [2.75, 3.05) is 19.7 Å². The molecule has 0 bridgehead atoms. The van der Waals surface area contributed by atoms with Crippen molar-refractivity contribution in [1.29, 1.82) is 0 Å². The molecular weight excluding hydrogens is 264 g/mol. The third-order valence-electron chi connectivity index (χ3n) is 4.24. The molecule has 4 nitrogen and oxygen atoms in total. The second-order valence-corrected chi connectivity index (χ2v) is 5.89. The largest absolute Gasteiger partial charge is 0.386 e. The Bertz CT molecular complexity index is 609. The highest BCUT2D eigenvalue weighted by Crippen LogP contribution is 2.28. The summed E-state index contributed by atoms with van der Waals surface area (Å²) >= 11 is 0. The molecule has 1 aliphatic rings. The average Bonchev–Trinajstić information content (AvgIpc) is 2.53. The zero-order valence-electron chi connectivity index (χ0n) is 12.6. The summed E-state index contributed by atoms with van der Waals surface area (Å²) in [7, 11) is 0. The Morgan fingerprint density at radius 3 is 3.00 bits per heavy atom. The number of aliphatic hydroxyl groups excluding tert-OH is 1. The SMILES string of the molecule is CC(C)N1CCOC(C(O)c2cccc3ccncc23)C1. The third kappa shape index (κ3) is 2.93. The van der Waals surface area contributed by atoms with Crippen LogP contribution in [-0.4, -0.2) is 46.8 Å². The van der Waals surface area contributed by atoms with Gasteiger partial charge < -0.3 is 9.84 Å². The van der Waals surface area contributed by atoms with Crippen LogP contribution in [0.3, 0.4) is 0 Å². The van der Waals surface area contributed by atoms with Crippen molar-refractivity contribution in [3.8, 4) is 0 Å². The number of ether oxygens (including phenoxy) is 1. The van der Waals surface area contributed by atoms with Gasteiger partial charge in [-0.15, -0.1) is 0 Å². The van der Waals surface area contributed by atoms with Crippen LogP contribution in [0.4, 0.5) is 0 Å². The summed E-state index contributed by atoms with van der Waals surface area (Å²) in [5.74, 6) is 0. The second-order valence-electron chi connectivity index (χ2n) is 5.89. The van der Waals surface area contributed by atoms with E-state index in [4.69, 9.17) is 4.74 Å². The van der Waals surface area contributed by atoms with E-state index in [1.165, 1.54) is 0 Å². The van der Waals surface area contributed by atoms with Crippen molar-refractivity contribution in [3.05, 3.63) is 42.2 Å². The van der Waals surface area contributed by atoms with Crippen LogP contribution in [0.25, 0.3) is 10.8 Å². The number of aromatic nitrogens is 1. The molecule has 0 spiro atoms. The van der Waals surface area contributed by atoms with Gasteiger partial charge in [-0.1, -0.05) is 18.2 Å². The van der Waals surface area contributed by atoms with Crippen molar-refractivity contribution in [1.82, 2.24) is 9.88 Å². The Morgan fingerprint density at radius 1 is 1.33 bits per heavy atom. The van der Waals surface area contributed by atoms with Crippen LogP contribution in [0.5, 0.6) is 0 Å². The number of rotatable bonds is 3. The van der Waals surface area contributed by atoms with Gasteiger partial charge in [0, 0.05) is 36.9 Å². The van der Waals surface area contributed by atoms with Gasteiger partial charge in [0.15, 0.2) is 0 Å². The zero-order valence-corrected chi connectivity index (χ0v) is 12.6. The Kier molecular flexibility index (Phi) is 4.19. The number of hydrogen-bond acceptors (Lipinski definition) is 4. The smallest absolute Gasteiger partial charge is 0.107 e. The number of nitrogens with zero attached hydrogens (tertiary/aromatic N) is 2. The van der Waals surface area contributed by atoms with E-state index in [0.29, 0.717) is 12.6 Å². The summed E-state index contributed by atoms with van der Waals surface area (Å²) in [4.78, 5) is 6.53. The topological polar surface area (TPSA) is 45.6 Å². The molecular formula is C17H22N2O2. The summed E-state index contributed by atoms with van der Waals surface area (Å²) in [6.45, 7) is 6.71. The minimum atomic E-state index is -0.626. The first-order valence-corrected chi connectivity index (χ1v) is 7.53. The fourth-order valence-electron chi connectivity index (χ4n) is 2.95. The molecule has 1 aromatic carbocycles. The predicted octanol–water partition coefficient (Wildman–Crippen LogP) is 2.38. The van der Waals surface area contributed by atoms with E-state index in [1.807, 2.05) is 30.5 Å². The van der Waals surface area contributed by atoms with Gasteiger partial charge in [-0.25, -0.2) is 0 Å². The Balaban J connectivity index is 1.88. The fraction of sp³-hybridized carbons (Fsp3) is 0.471. The van der Waals surface area contributed by atoms with Crippen LogP contribution in [0.15, 0.2) is 36.7 Å². The quantitative estimate of drug-likeness (QED) is 0.941. The molecule has 2 unspecified atom stereocenters. The highest BCUT2D eigenvalue weighted by atomic mass is 16.5. The molecule has 1 aliphatic heterocycles. The Morgan fingerprint density at radius 2 is 2.19 bits per heavy atom. The van der Waals surface area contributed by atoms with Gasteiger partial charge in [0.05, 0.1) is 6.61 Å². The lowest BCUT2D eigenvalue weighted by Gasteiger charge is -2.37. The van der Waals surface area contributed by atoms with E-state index in [2.05, 4.69) is 23.7 Å². The van der Waals surface area contributed by atoms with Gasteiger partial charge in [0.25, 0.3) is 0 Å². The van der Waals surface area contributed by atoms with Gasteiger partial charge in [-0.3, -0.25) is 9.88 Å². The van der Waals surface area contributed by atoms with Crippen LogP contribution in [0.1, 0.15) is 25.5 Å². The maximum absolute atomic E-state index is 10.8. The molecule has 0 amide bonds. The molecule has 0 radical (unpaired) electrons. The summed E-state index contributed by atoms with van der Waals surface area (Å²) < 4.78 is 5.81. The summed E-state index contributed by atoms with van der Waals surface area (Å²) in [6.07, 6.45) is 2.78. The van der Waals surface area contributed by atoms with Crippen LogP contribution >= 0.6 is 0 Å². The van der Waals surface area contributed by atoms with E-state index in [9.17, 15) is 5.11 Å². The summed E-state index contributed by atoms with van der Waals surface area (Å²) in [6, 6.07) is 8.41. The highest BCUT2D eigenvalue weighted by molar-refractivity contribution is 5.85. The number of hydrogen-bond donors (Lipinski definition) is 1. The van der Waals surface area contributed by atoms with E-state index in [-0.39, 0.29) is 6.10 Å². The third-order valence-corrected chi connectivity index (χ3v) is 4.24. The monoisotopic (exact) mass is 286 g/mol. The van der Waals surface area contributed by atoms with Crippen LogP contribution in [-0.2, 0) is 4.74 Å². The lowest BCUT2D eigenvalue weighted by molar-refractivity contribution is -0.0957. The average molecular weight is 286 g/mol. The molecule has 21 heavy (non-hydrogen) atoms. The molecule has 112 valence electrons. The minimum Gasteiger partial charge on any atom is -0.386 e. The maximum atomic E-state index is 10.8. The van der Waals surface area contributed by atoms with E-state index in [1.54, 1.807) is 6.20 Å². The minimum absolute atomic E-state index is 0.188. The number of fused-ring (bicyclic) bond motifs is 1. The number of aliphatic hydroxyl groups is 1. The highest BCUT2D eigenvalue weighted by Gasteiger charge is 2.29. The van der Waals surface area contributed by atoms with Gasteiger partial charge in [-0.05, 0) is 30.9 Å². The van der Waals surface area contributed by atoms with Crippen molar-refractivity contribution in [2.45, 2.75) is 32.1 Å². The molecule has 1 N–H and O–H groups in total. The van der Waals surface area contributed by atoms with E-state index < -0.39 is 6.10 Å². The van der Waals surface area contributed by atoms with Crippen LogP contribution in [0, 0.1) is 0 Å². The van der Waals surface area contributed by atoms with Crippen molar-refractivity contribution < 1.29 is 9.84 Å². The first-order chi connectivity index (χ1) is 10.2. The molecule has 2 aromatic rings. The predicted molar refractivity (Wildman–Crippen MR) is 83.2 cm³/mol. The Hall–Kier alpha value is -1.49. The van der Waals surface area contributed by atoms with E-state index >= 15 is 0 Å². The number of benzene rings is 1. The Labute approximate surface area is 125 Å². The molecule has 4 heteroatoms. The first kappa shape index (κ1) is 14.4. The van der Waals surface area contributed by atoms with Crippen LogP contribution < -0.4 is 0 Å². The standard InChI is InChI=1S/C17H22N2O2/c1-12(2)19-8-9-21-16(11-19)17(20)14-5-3-4-13-6-7-18-10-15(13)14/h3-7,10,12,16-17,20H,8-9,11H2,1-2H3. The van der Waals surface area contributed by atoms with Gasteiger partial charge in [0.1, 0.15) is 12.2 Å². The molecule has 2 atom stereocenters. The first-order valence-electron chi connectivity index (χ1n) is 7.53. The van der Waals surface area contributed by atoms with Crippen molar-refractivity contribution in [2.24, 2.45) is 0 Å². The molecule has 1 saturated heterocycles. The lowest BCUT2D eigenvalue weighted by atomic mass is 9.97. The van der Waals surface area contributed by atoms with Gasteiger partial charge in [0.2, 0.25) is 0 Å². The van der Waals surface area contributed by atoms with Crippen molar-refractivity contribution >= 4 is 10.8 Å². The molecule has 2 heterocycles. The molecule has 3 rings (SSSR count). The van der Waals surface area contributed by atoms with Crippen LogP contribution in [0.2, 0.25) is 0 Å². The number of morpholine rings is 1. The van der Waals surface area contributed by atoms with Gasteiger partial charge in [-0.2, -0.15) is 0 Å². The summed E-state index contributed by atoms with van der Waals surface area (Å²) in [5.41, 5.74) is 0.899. The number of pyridine rings is 1. The van der Waals surface area contributed by atoms with E-state index in [0.717, 1.165) is 29.4 Å². The molecule has 1 aromatic heterocycles. The molecule has 0 aliphatic carbocycles. The van der Waals surface area contributed by atoms with Gasteiger partial charge >= 0.3 is 0 Å². The normalized spacial score (nSPS) is 21.8. The molecule has 0 saturated carbocycles. The summed E-state index contributed by atoms with van der Waals surface area (Å²) in [5, 5.41) is 12.9. The fourth-order valence-corrected chi connectivity index (χ4v) is 2.95. The second kappa shape index (κ2) is 6.10. The molecule has 1 fully saturated rings. The van der Waals surface area contributed by atoms with Crippen molar-refractivity contribution in [3.63, 3.8) is 0 Å². The maximum Gasteiger partial charge on any atom is 0.107 e.